The first-order valence-corrected chi connectivity index (χ1v) is 12.7. The summed E-state index contributed by atoms with van der Waals surface area (Å²) in [6.07, 6.45) is 1.25. The third-order valence-electron chi connectivity index (χ3n) is 5.56. The highest BCUT2D eigenvalue weighted by Crippen LogP contribution is 2.44. The predicted molar refractivity (Wildman–Crippen MR) is 137 cm³/mol. The van der Waals surface area contributed by atoms with Gasteiger partial charge in [0, 0.05) is 28.8 Å². The van der Waals surface area contributed by atoms with Crippen LogP contribution in [0.25, 0.3) is 22.6 Å². The number of carbonyl (C=O) groups is 1. The van der Waals surface area contributed by atoms with Gasteiger partial charge in [-0.3, -0.25) is 9.69 Å². The van der Waals surface area contributed by atoms with E-state index in [1.165, 1.54) is 18.7 Å². The predicted octanol–water partition coefficient (Wildman–Crippen LogP) is 6.79. The Kier molecular flexibility index (Phi) is 6.74. The number of carbonyl (C=O) groups excluding carboxylic acids is 1. The first kappa shape index (κ1) is 23.4. The Balaban J connectivity index is 1.60. The minimum atomic E-state index is -0.881. The lowest BCUT2D eigenvalue weighted by Gasteiger charge is -2.28. The molecule has 0 bridgehead atoms. The van der Waals surface area contributed by atoms with Gasteiger partial charge in [-0.1, -0.05) is 67.0 Å². The highest BCUT2D eigenvalue weighted by molar-refractivity contribution is 7.99. The highest BCUT2D eigenvalue weighted by Gasteiger charge is 2.36. The maximum absolute atomic E-state index is 12.9. The fraction of sp³-hybridized carbons (Fsp3) is 0.231. The van der Waals surface area contributed by atoms with Crippen LogP contribution in [0.15, 0.2) is 70.2 Å². The lowest BCUT2D eigenvalue weighted by Crippen LogP contribution is -2.35. The van der Waals surface area contributed by atoms with Gasteiger partial charge in [0.25, 0.3) is 0 Å². The average Bonchev–Trinajstić information content (AvgIpc) is 3.29. The molecule has 2 aromatic heterocycles. The van der Waals surface area contributed by atoms with Gasteiger partial charge in [-0.25, -0.2) is 0 Å². The molecule has 2 aromatic carbocycles. The van der Waals surface area contributed by atoms with E-state index in [0.29, 0.717) is 44.5 Å². The number of thioether (sulfide) groups is 1. The van der Waals surface area contributed by atoms with Gasteiger partial charge >= 0.3 is 0 Å². The number of para-hydroxylation sites is 1. The Labute approximate surface area is 212 Å². The number of halogens is 1. The Hall–Kier alpha value is -3.36. The number of furan rings is 1. The largest absolute Gasteiger partial charge is 0.455 e. The first-order chi connectivity index (χ1) is 17.0. The maximum Gasteiger partial charge on any atom is 0.247 e. The van der Waals surface area contributed by atoms with Gasteiger partial charge in [0.15, 0.2) is 11.5 Å². The molecule has 0 radical (unpaired) electrons. The summed E-state index contributed by atoms with van der Waals surface area (Å²) >= 11 is 7.70. The number of unbranched alkanes of at least 4 members (excludes halogenated alkanes) is 1. The van der Waals surface area contributed by atoms with Crippen molar-refractivity contribution in [3.05, 3.63) is 71.4 Å². The molecule has 35 heavy (non-hydrogen) atoms. The second-order valence-electron chi connectivity index (χ2n) is 8.04. The van der Waals surface area contributed by atoms with Crippen LogP contribution < -0.4 is 9.64 Å². The zero-order valence-corrected chi connectivity index (χ0v) is 20.8. The molecular weight excluding hydrogens is 484 g/mol. The van der Waals surface area contributed by atoms with Crippen molar-refractivity contribution in [2.24, 2.45) is 0 Å². The van der Waals surface area contributed by atoms with Crippen molar-refractivity contribution in [2.75, 3.05) is 10.7 Å². The van der Waals surface area contributed by atoms with Gasteiger partial charge in [0.05, 0.1) is 5.69 Å². The van der Waals surface area contributed by atoms with Gasteiger partial charge in [-0.05, 0) is 36.8 Å². The maximum atomic E-state index is 12.9. The van der Waals surface area contributed by atoms with Gasteiger partial charge < -0.3 is 9.15 Å². The molecule has 4 aromatic rings. The Bertz CT molecular complexity index is 1380. The monoisotopic (exact) mass is 506 g/mol. The molecule has 0 spiro atoms. The number of fused-ring (bicyclic) bond motifs is 3. The van der Waals surface area contributed by atoms with Crippen LogP contribution >= 0.6 is 23.4 Å². The van der Waals surface area contributed by atoms with E-state index >= 15 is 0 Å². The first-order valence-electron chi connectivity index (χ1n) is 11.3. The minimum absolute atomic E-state index is 0.207. The number of ether oxygens (including phenoxy) is 1. The van der Waals surface area contributed by atoms with Crippen LogP contribution in [-0.2, 0) is 4.79 Å². The molecular formula is C26H23ClN4O3S. The molecule has 0 saturated carbocycles. The molecule has 7 nitrogen and oxygen atoms in total. The third-order valence-corrected chi connectivity index (χ3v) is 6.72. The van der Waals surface area contributed by atoms with Crippen LogP contribution in [0.5, 0.6) is 5.88 Å². The molecule has 0 fully saturated rings. The van der Waals surface area contributed by atoms with E-state index < -0.39 is 6.23 Å². The van der Waals surface area contributed by atoms with Crippen LogP contribution in [0.1, 0.15) is 38.7 Å². The molecule has 5 rings (SSSR count). The van der Waals surface area contributed by atoms with Crippen LogP contribution in [0.4, 0.5) is 5.69 Å². The van der Waals surface area contributed by atoms with Crippen molar-refractivity contribution in [1.82, 2.24) is 15.2 Å². The average molecular weight is 507 g/mol. The molecule has 1 amide bonds. The van der Waals surface area contributed by atoms with E-state index in [2.05, 4.69) is 22.1 Å². The highest BCUT2D eigenvalue weighted by atomic mass is 35.5. The van der Waals surface area contributed by atoms with Crippen LogP contribution in [0, 0.1) is 0 Å². The van der Waals surface area contributed by atoms with Crippen molar-refractivity contribution in [3.63, 3.8) is 0 Å². The van der Waals surface area contributed by atoms with Gasteiger partial charge in [0.1, 0.15) is 5.76 Å². The van der Waals surface area contributed by atoms with Crippen LogP contribution in [-0.4, -0.2) is 26.8 Å². The van der Waals surface area contributed by atoms with Crippen LogP contribution in [0.3, 0.4) is 0 Å². The standard InChI is InChI=1S/C26H23ClN4O3S/c1-3-4-14-35-26-28-24-23(29-30-26)19-10-5-6-11-20(19)31(16(2)32)25(34-24)22-13-12-21(33-22)17-8-7-9-18(27)15-17/h5-13,15,25H,3-4,14H2,1-2H3. The van der Waals surface area contributed by atoms with E-state index in [9.17, 15) is 4.79 Å². The lowest BCUT2D eigenvalue weighted by molar-refractivity contribution is -0.118. The second kappa shape index (κ2) is 10.1. The number of rotatable bonds is 6. The Morgan fingerprint density at radius 2 is 1.97 bits per heavy atom. The molecule has 1 unspecified atom stereocenters. The number of aromatic nitrogens is 3. The summed E-state index contributed by atoms with van der Waals surface area (Å²) < 4.78 is 12.6. The molecule has 0 N–H and O–H groups in total. The van der Waals surface area contributed by atoms with E-state index in [1.807, 2.05) is 48.5 Å². The molecule has 1 atom stereocenters. The van der Waals surface area contributed by atoms with Crippen molar-refractivity contribution in [3.8, 4) is 28.5 Å². The normalized spacial score (nSPS) is 14.6. The van der Waals surface area contributed by atoms with Gasteiger partial charge in [-0.15, -0.1) is 10.2 Å². The summed E-state index contributed by atoms with van der Waals surface area (Å²) in [5, 5.41) is 9.89. The molecule has 1 aliphatic heterocycles. The van der Waals surface area contributed by atoms with Crippen molar-refractivity contribution < 1.29 is 13.9 Å². The molecule has 9 heteroatoms. The van der Waals surface area contributed by atoms with Crippen molar-refractivity contribution >= 4 is 35.0 Å². The van der Waals surface area contributed by atoms with Crippen molar-refractivity contribution in [2.45, 2.75) is 38.1 Å². The number of amides is 1. The summed E-state index contributed by atoms with van der Waals surface area (Å²) in [4.78, 5) is 19.2. The minimum Gasteiger partial charge on any atom is -0.455 e. The number of benzene rings is 2. The van der Waals surface area contributed by atoms with E-state index in [0.717, 1.165) is 24.2 Å². The lowest BCUT2D eigenvalue weighted by atomic mass is 10.1. The van der Waals surface area contributed by atoms with Gasteiger partial charge in [0.2, 0.25) is 23.2 Å². The molecule has 3 heterocycles. The third kappa shape index (κ3) is 4.76. The topological polar surface area (TPSA) is 81.3 Å². The van der Waals surface area contributed by atoms with E-state index in [4.69, 9.17) is 20.8 Å². The second-order valence-corrected chi connectivity index (χ2v) is 9.54. The zero-order chi connectivity index (χ0) is 24.4. The summed E-state index contributed by atoms with van der Waals surface area (Å²) in [6.45, 7) is 3.63. The number of hydrogen-bond donors (Lipinski definition) is 0. The summed E-state index contributed by atoms with van der Waals surface area (Å²) in [7, 11) is 0. The molecule has 0 aliphatic carbocycles. The fourth-order valence-corrected chi connectivity index (χ4v) is 4.94. The SMILES string of the molecule is CCCCSc1nnc2c(n1)OC(c1ccc(-c3cccc(Cl)c3)o1)N(C(C)=O)c1ccccc1-2. The fourth-order valence-electron chi connectivity index (χ4n) is 3.89. The van der Waals surface area contributed by atoms with E-state index in [1.54, 1.807) is 17.0 Å². The number of hydrogen-bond acceptors (Lipinski definition) is 7. The number of anilines is 1. The zero-order valence-electron chi connectivity index (χ0n) is 19.3. The Morgan fingerprint density at radius 3 is 2.77 bits per heavy atom. The summed E-state index contributed by atoms with van der Waals surface area (Å²) in [5.41, 5.74) is 2.67. The smallest absolute Gasteiger partial charge is 0.247 e. The van der Waals surface area contributed by atoms with Crippen LogP contribution in [0.2, 0.25) is 5.02 Å². The molecule has 178 valence electrons. The van der Waals surface area contributed by atoms with E-state index in [-0.39, 0.29) is 5.91 Å². The Morgan fingerprint density at radius 1 is 1.11 bits per heavy atom. The van der Waals surface area contributed by atoms with Gasteiger partial charge in [-0.2, -0.15) is 4.98 Å². The molecule has 1 aliphatic rings. The summed E-state index contributed by atoms with van der Waals surface area (Å²) in [5.74, 6) is 2.06. The molecule has 0 saturated heterocycles. The summed E-state index contributed by atoms with van der Waals surface area (Å²) in [6, 6.07) is 18.5. The number of nitrogens with zero attached hydrogens (tertiary/aromatic N) is 4. The quantitative estimate of drug-likeness (QED) is 0.210. The van der Waals surface area contributed by atoms with Crippen molar-refractivity contribution in [1.29, 1.82) is 0 Å².